The first-order valence-electron chi connectivity index (χ1n) is 9.12. The van der Waals surface area contributed by atoms with Crippen LogP contribution in [0.5, 0.6) is 5.75 Å². The van der Waals surface area contributed by atoms with Gasteiger partial charge < -0.3 is 19.5 Å². The molecule has 1 amide bonds. The number of hydrogen-bond donors (Lipinski definition) is 1. The van der Waals surface area contributed by atoms with Gasteiger partial charge in [-0.2, -0.15) is 0 Å². The van der Waals surface area contributed by atoms with E-state index in [-0.39, 0.29) is 18.6 Å². The molecule has 4 atom stereocenters. The fourth-order valence-electron chi connectivity index (χ4n) is 3.96. The number of fused-ring (bicyclic) bond motifs is 1. The number of amides is 1. The van der Waals surface area contributed by atoms with Crippen molar-refractivity contribution in [2.24, 2.45) is 11.8 Å². The van der Waals surface area contributed by atoms with Gasteiger partial charge in [-0.25, -0.2) is 0 Å². The first-order chi connectivity index (χ1) is 12.0. The summed E-state index contributed by atoms with van der Waals surface area (Å²) >= 11 is 0. The molecule has 2 aliphatic rings. The number of likely N-dealkylation sites (tertiary alicyclic amines) is 1. The Morgan fingerprint density at radius 2 is 2.00 bits per heavy atom. The molecule has 0 radical (unpaired) electrons. The van der Waals surface area contributed by atoms with Crippen molar-refractivity contribution in [3.63, 3.8) is 0 Å². The van der Waals surface area contributed by atoms with Crippen LogP contribution in [0.25, 0.3) is 0 Å². The molecule has 0 spiro atoms. The maximum Gasteiger partial charge on any atom is 0.248 e. The van der Waals surface area contributed by atoms with Crippen molar-refractivity contribution in [2.75, 3.05) is 26.3 Å². The van der Waals surface area contributed by atoms with Crippen LogP contribution in [0.4, 0.5) is 0 Å². The smallest absolute Gasteiger partial charge is 0.248 e. The molecule has 2 heterocycles. The largest absolute Gasteiger partial charge is 0.486 e. The Balaban J connectivity index is 1.61. The van der Waals surface area contributed by atoms with Gasteiger partial charge in [0, 0.05) is 25.4 Å². The summed E-state index contributed by atoms with van der Waals surface area (Å²) in [6.45, 7) is 7.89. The molecule has 0 aromatic carbocycles. The molecule has 1 aromatic heterocycles. The van der Waals surface area contributed by atoms with Crippen molar-refractivity contribution in [3.8, 4) is 5.75 Å². The summed E-state index contributed by atoms with van der Waals surface area (Å²) in [6.07, 6.45) is 0.680. The molecule has 138 valence electrons. The topological polar surface area (TPSA) is 71.9 Å². The number of nitrogens with zero attached hydrogens (tertiary/aromatic N) is 2. The highest BCUT2D eigenvalue weighted by Crippen LogP contribution is 2.38. The minimum Gasteiger partial charge on any atom is -0.486 e. The van der Waals surface area contributed by atoms with Crippen LogP contribution in [0.2, 0.25) is 0 Å². The summed E-state index contributed by atoms with van der Waals surface area (Å²) in [4.78, 5) is 18.5. The predicted octanol–water partition coefficient (Wildman–Crippen LogP) is 1.71. The standard InChI is InChI=1S/C19H28N2O4/c1-4-24-11-19(23)21-9-14-7-16(22)18(8-15(14)10-21)25-17-6-5-12(2)20-13(17)3/h5-6,14-16,18,22H,4,7-11H2,1-3H3/t14-,15+,16+,18+/m0/s1. The van der Waals surface area contributed by atoms with Crippen molar-refractivity contribution in [3.05, 3.63) is 23.5 Å². The zero-order chi connectivity index (χ0) is 18.0. The van der Waals surface area contributed by atoms with Gasteiger partial charge in [-0.05, 0) is 57.6 Å². The molecule has 1 saturated heterocycles. The van der Waals surface area contributed by atoms with E-state index in [0.717, 1.165) is 30.1 Å². The number of aryl methyl sites for hydroxylation is 2. The van der Waals surface area contributed by atoms with Crippen LogP contribution in [0.15, 0.2) is 12.1 Å². The van der Waals surface area contributed by atoms with Gasteiger partial charge in [0.15, 0.2) is 0 Å². The maximum absolute atomic E-state index is 12.2. The first kappa shape index (κ1) is 18.1. The van der Waals surface area contributed by atoms with E-state index in [1.165, 1.54) is 0 Å². The highest BCUT2D eigenvalue weighted by atomic mass is 16.5. The monoisotopic (exact) mass is 348 g/mol. The van der Waals surface area contributed by atoms with Crippen molar-refractivity contribution < 1.29 is 19.4 Å². The summed E-state index contributed by atoms with van der Waals surface area (Å²) in [5.74, 6) is 1.49. The number of pyridine rings is 1. The zero-order valence-electron chi connectivity index (χ0n) is 15.3. The third-order valence-electron chi connectivity index (χ3n) is 5.32. The van der Waals surface area contributed by atoms with Crippen molar-refractivity contribution in [2.45, 2.75) is 45.8 Å². The summed E-state index contributed by atoms with van der Waals surface area (Å²) in [7, 11) is 0. The van der Waals surface area contributed by atoms with Gasteiger partial charge in [0.25, 0.3) is 0 Å². The van der Waals surface area contributed by atoms with E-state index >= 15 is 0 Å². The van der Waals surface area contributed by atoms with Crippen molar-refractivity contribution in [1.29, 1.82) is 0 Å². The Morgan fingerprint density at radius 1 is 1.28 bits per heavy atom. The van der Waals surface area contributed by atoms with E-state index in [1.54, 1.807) is 0 Å². The number of carbonyl (C=O) groups excluding carboxylic acids is 1. The molecule has 1 aliphatic heterocycles. The van der Waals surface area contributed by atoms with Crippen LogP contribution in [-0.2, 0) is 9.53 Å². The lowest BCUT2D eigenvalue weighted by Gasteiger charge is -2.35. The van der Waals surface area contributed by atoms with Gasteiger partial charge in [-0.1, -0.05) is 0 Å². The summed E-state index contributed by atoms with van der Waals surface area (Å²) in [6, 6.07) is 3.84. The lowest BCUT2D eigenvalue weighted by Crippen LogP contribution is -2.42. The molecule has 1 saturated carbocycles. The molecule has 3 rings (SSSR count). The molecule has 1 aliphatic carbocycles. The molecule has 0 unspecified atom stereocenters. The van der Waals surface area contributed by atoms with Gasteiger partial charge in [0.2, 0.25) is 5.91 Å². The summed E-state index contributed by atoms with van der Waals surface area (Å²) in [5, 5.41) is 10.5. The van der Waals surface area contributed by atoms with Crippen LogP contribution < -0.4 is 4.74 Å². The quantitative estimate of drug-likeness (QED) is 0.877. The summed E-state index contributed by atoms with van der Waals surface area (Å²) in [5.41, 5.74) is 1.79. The molecule has 0 bridgehead atoms. The third-order valence-corrected chi connectivity index (χ3v) is 5.32. The molecule has 1 aromatic rings. The minimum absolute atomic E-state index is 0.0433. The van der Waals surface area contributed by atoms with Crippen LogP contribution >= 0.6 is 0 Å². The number of aliphatic hydroxyl groups is 1. The van der Waals surface area contributed by atoms with E-state index in [9.17, 15) is 9.90 Å². The summed E-state index contributed by atoms with van der Waals surface area (Å²) < 4.78 is 11.3. The molecular weight excluding hydrogens is 320 g/mol. The molecule has 25 heavy (non-hydrogen) atoms. The van der Waals surface area contributed by atoms with Crippen LogP contribution in [-0.4, -0.2) is 59.4 Å². The second-order valence-electron chi connectivity index (χ2n) is 7.19. The van der Waals surface area contributed by atoms with Crippen molar-refractivity contribution in [1.82, 2.24) is 9.88 Å². The average molecular weight is 348 g/mol. The van der Waals surface area contributed by atoms with E-state index in [2.05, 4.69) is 4.98 Å². The van der Waals surface area contributed by atoms with Crippen LogP contribution in [0, 0.1) is 25.7 Å². The van der Waals surface area contributed by atoms with E-state index < -0.39 is 6.10 Å². The number of rotatable bonds is 5. The second kappa shape index (κ2) is 7.70. The fraction of sp³-hybridized carbons (Fsp3) is 0.684. The lowest BCUT2D eigenvalue weighted by molar-refractivity contribution is -0.135. The predicted molar refractivity (Wildman–Crippen MR) is 93.4 cm³/mol. The van der Waals surface area contributed by atoms with Gasteiger partial charge in [-0.15, -0.1) is 0 Å². The van der Waals surface area contributed by atoms with Gasteiger partial charge in [0.1, 0.15) is 18.5 Å². The molecule has 6 heteroatoms. The molecule has 2 fully saturated rings. The second-order valence-corrected chi connectivity index (χ2v) is 7.19. The molecular formula is C19H28N2O4. The van der Waals surface area contributed by atoms with Gasteiger partial charge >= 0.3 is 0 Å². The zero-order valence-corrected chi connectivity index (χ0v) is 15.3. The van der Waals surface area contributed by atoms with Crippen LogP contribution in [0.1, 0.15) is 31.2 Å². The highest BCUT2D eigenvalue weighted by Gasteiger charge is 2.43. The Bertz CT molecular complexity index is 621. The van der Waals surface area contributed by atoms with Crippen LogP contribution in [0.3, 0.4) is 0 Å². The van der Waals surface area contributed by atoms with E-state index in [1.807, 2.05) is 37.8 Å². The Kier molecular flexibility index (Phi) is 5.59. The normalized spacial score (nSPS) is 28.7. The van der Waals surface area contributed by atoms with E-state index in [0.29, 0.717) is 31.4 Å². The third kappa shape index (κ3) is 4.12. The lowest BCUT2D eigenvalue weighted by atomic mass is 9.78. The van der Waals surface area contributed by atoms with Crippen molar-refractivity contribution >= 4 is 5.91 Å². The SMILES string of the molecule is CCOCC(=O)N1C[C@H]2C[C@@H](Oc3ccc(C)nc3C)[C@H](O)C[C@H]2C1. The minimum atomic E-state index is -0.510. The molecule has 1 N–H and O–H groups in total. The molecule has 6 nitrogen and oxygen atoms in total. The first-order valence-corrected chi connectivity index (χ1v) is 9.12. The fourth-order valence-corrected chi connectivity index (χ4v) is 3.96. The Morgan fingerprint density at radius 3 is 2.68 bits per heavy atom. The van der Waals surface area contributed by atoms with Gasteiger partial charge in [0.05, 0.1) is 11.8 Å². The Hall–Kier alpha value is -1.66. The number of ether oxygens (including phenoxy) is 2. The Labute approximate surface area is 149 Å². The average Bonchev–Trinajstić information content (AvgIpc) is 2.98. The maximum atomic E-state index is 12.2. The number of aliphatic hydroxyl groups excluding tert-OH is 1. The van der Waals surface area contributed by atoms with Gasteiger partial charge in [-0.3, -0.25) is 9.78 Å². The number of hydrogen-bond acceptors (Lipinski definition) is 5. The number of aromatic nitrogens is 1. The number of carbonyl (C=O) groups is 1. The van der Waals surface area contributed by atoms with E-state index in [4.69, 9.17) is 9.47 Å². The highest BCUT2D eigenvalue weighted by molar-refractivity contribution is 5.77.